The zero-order valence-electron chi connectivity index (χ0n) is 19.6. The number of aromatic nitrogens is 2. The fraction of sp³-hybridized carbons (Fsp3) is 0.370. The number of nitrogens with one attached hydrogen (secondary N) is 3. The van der Waals surface area contributed by atoms with E-state index in [1.807, 2.05) is 69.3 Å². The van der Waals surface area contributed by atoms with Gasteiger partial charge in [0, 0.05) is 28.3 Å². The highest BCUT2D eigenvalue weighted by Crippen LogP contribution is 2.27. The van der Waals surface area contributed by atoms with Crippen LogP contribution in [0.1, 0.15) is 56.8 Å². The molecule has 1 fully saturated rings. The number of amides is 2. The van der Waals surface area contributed by atoms with Gasteiger partial charge < -0.3 is 15.6 Å². The van der Waals surface area contributed by atoms with Gasteiger partial charge in [-0.1, -0.05) is 39.7 Å². The zero-order valence-corrected chi connectivity index (χ0v) is 19.6. The molecule has 0 bridgehead atoms. The second kappa shape index (κ2) is 9.22. The molecule has 4 rings (SSSR count). The van der Waals surface area contributed by atoms with E-state index in [0.717, 1.165) is 47.4 Å². The standard InChI is InChI=1S/C27H32N4O2/c1-5-17-8-6-7-9-21(17)31-25(32)19-12-15-22-23(16-19)30-24(29-22)18-10-13-20(14-11-18)28-26(33)27(2,3)4/h5,10-17,21H,1,6-9H2,2-4H3,(H,28,33)(H,29,30)(H,31,32). The number of fused-ring (bicyclic) bond motifs is 1. The number of carbonyl (C=O) groups is 2. The molecule has 3 aromatic rings. The molecule has 2 atom stereocenters. The lowest BCUT2D eigenvalue weighted by Crippen LogP contribution is -2.41. The second-order valence-corrected chi connectivity index (χ2v) is 9.86. The maximum Gasteiger partial charge on any atom is 0.251 e. The minimum Gasteiger partial charge on any atom is -0.349 e. The van der Waals surface area contributed by atoms with Gasteiger partial charge in [-0.05, 0) is 61.2 Å². The molecule has 1 aliphatic rings. The maximum absolute atomic E-state index is 12.9. The summed E-state index contributed by atoms with van der Waals surface area (Å²) in [5, 5.41) is 6.12. The summed E-state index contributed by atoms with van der Waals surface area (Å²) in [7, 11) is 0. The van der Waals surface area contributed by atoms with Crippen LogP contribution in [0.3, 0.4) is 0 Å². The lowest BCUT2D eigenvalue weighted by Gasteiger charge is -2.30. The molecule has 172 valence electrons. The van der Waals surface area contributed by atoms with Gasteiger partial charge in [-0.2, -0.15) is 0 Å². The molecule has 33 heavy (non-hydrogen) atoms. The third-order valence-corrected chi connectivity index (χ3v) is 6.28. The van der Waals surface area contributed by atoms with Crippen molar-refractivity contribution in [2.24, 2.45) is 11.3 Å². The maximum atomic E-state index is 12.9. The Morgan fingerprint density at radius 3 is 2.52 bits per heavy atom. The van der Waals surface area contributed by atoms with Crippen LogP contribution in [0.4, 0.5) is 5.69 Å². The van der Waals surface area contributed by atoms with E-state index in [0.29, 0.717) is 11.5 Å². The molecular formula is C27H32N4O2. The molecule has 6 heteroatoms. The Hall–Kier alpha value is -3.41. The number of hydrogen-bond donors (Lipinski definition) is 3. The van der Waals surface area contributed by atoms with Gasteiger partial charge in [0.25, 0.3) is 5.91 Å². The quantitative estimate of drug-likeness (QED) is 0.442. The van der Waals surface area contributed by atoms with Gasteiger partial charge in [0.2, 0.25) is 5.91 Å². The van der Waals surface area contributed by atoms with Crippen LogP contribution >= 0.6 is 0 Å². The SMILES string of the molecule is C=CC1CCCCC1NC(=O)c1ccc2nc(-c3ccc(NC(=O)C(C)(C)C)cc3)[nH]c2c1. The fourth-order valence-corrected chi connectivity index (χ4v) is 4.19. The van der Waals surface area contributed by atoms with Crippen LogP contribution in [0.15, 0.2) is 55.1 Å². The first kappa shape index (κ1) is 22.8. The molecule has 0 spiro atoms. The van der Waals surface area contributed by atoms with Gasteiger partial charge in [0.05, 0.1) is 11.0 Å². The van der Waals surface area contributed by atoms with Crippen LogP contribution in [-0.4, -0.2) is 27.8 Å². The number of carbonyl (C=O) groups excluding carboxylic acids is 2. The largest absolute Gasteiger partial charge is 0.349 e. The van der Waals surface area contributed by atoms with Crippen LogP contribution in [0.25, 0.3) is 22.4 Å². The molecule has 3 N–H and O–H groups in total. The number of anilines is 1. The van der Waals surface area contributed by atoms with Gasteiger partial charge in [-0.3, -0.25) is 9.59 Å². The zero-order chi connectivity index (χ0) is 23.6. The molecule has 6 nitrogen and oxygen atoms in total. The van der Waals surface area contributed by atoms with Gasteiger partial charge in [-0.25, -0.2) is 4.98 Å². The van der Waals surface area contributed by atoms with Crippen molar-refractivity contribution in [3.63, 3.8) is 0 Å². The summed E-state index contributed by atoms with van der Waals surface area (Å²) in [4.78, 5) is 33.1. The van der Waals surface area contributed by atoms with Crippen molar-refractivity contribution >= 4 is 28.5 Å². The molecule has 1 aromatic heterocycles. The van der Waals surface area contributed by atoms with Gasteiger partial charge in [-0.15, -0.1) is 6.58 Å². The molecular weight excluding hydrogens is 412 g/mol. The van der Waals surface area contributed by atoms with E-state index in [9.17, 15) is 9.59 Å². The molecule has 1 heterocycles. The van der Waals surface area contributed by atoms with E-state index in [1.54, 1.807) is 0 Å². The molecule has 0 radical (unpaired) electrons. The average molecular weight is 445 g/mol. The van der Waals surface area contributed by atoms with Crippen molar-refractivity contribution in [1.29, 1.82) is 0 Å². The molecule has 2 unspecified atom stereocenters. The highest BCUT2D eigenvalue weighted by molar-refractivity contribution is 5.98. The van der Waals surface area contributed by atoms with Crippen molar-refractivity contribution in [2.75, 3.05) is 5.32 Å². The van der Waals surface area contributed by atoms with Crippen LogP contribution in [0.5, 0.6) is 0 Å². The topological polar surface area (TPSA) is 86.9 Å². The minimum absolute atomic E-state index is 0.0302. The average Bonchev–Trinajstić information content (AvgIpc) is 3.22. The van der Waals surface area contributed by atoms with Crippen LogP contribution in [0.2, 0.25) is 0 Å². The predicted octanol–water partition coefficient (Wildman–Crippen LogP) is 5.69. The first-order valence-corrected chi connectivity index (χ1v) is 11.6. The Morgan fingerprint density at radius 2 is 1.82 bits per heavy atom. The number of hydrogen-bond acceptors (Lipinski definition) is 3. The van der Waals surface area contributed by atoms with Gasteiger partial charge in [0.15, 0.2) is 0 Å². The van der Waals surface area contributed by atoms with Gasteiger partial charge >= 0.3 is 0 Å². The molecule has 2 amide bonds. The number of aromatic amines is 1. The fourth-order valence-electron chi connectivity index (χ4n) is 4.19. The van der Waals surface area contributed by atoms with Crippen molar-refractivity contribution < 1.29 is 9.59 Å². The van der Waals surface area contributed by atoms with Crippen molar-refractivity contribution in [2.45, 2.75) is 52.5 Å². The number of imidazole rings is 1. The first-order chi connectivity index (χ1) is 15.7. The lowest BCUT2D eigenvalue weighted by atomic mass is 9.84. The molecule has 0 aliphatic heterocycles. The number of H-pyrrole nitrogens is 1. The highest BCUT2D eigenvalue weighted by Gasteiger charge is 2.25. The summed E-state index contributed by atoms with van der Waals surface area (Å²) < 4.78 is 0. The first-order valence-electron chi connectivity index (χ1n) is 11.6. The molecule has 2 aromatic carbocycles. The Kier molecular flexibility index (Phi) is 6.36. The van der Waals surface area contributed by atoms with E-state index in [1.165, 1.54) is 6.42 Å². The Labute approximate surface area is 194 Å². The summed E-state index contributed by atoms with van der Waals surface area (Å²) in [5.41, 5.74) is 3.42. The Bertz CT molecular complexity index is 1170. The van der Waals surface area contributed by atoms with Crippen LogP contribution in [-0.2, 0) is 4.79 Å². The monoisotopic (exact) mass is 444 g/mol. The summed E-state index contributed by atoms with van der Waals surface area (Å²) in [6, 6.07) is 13.3. The third kappa shape index (κ3) is 5.16. The third-order valence-electron chi connectivity index (χ3n) is 6.28. The van der Waals surface area contributed by atoms with Crippen LogP contribution < -0.4 is 10.6 Å². The van der Waals surface area contributed by atoms with E-state index in [2.05, 4.69) is 27.2 Å². The van der Waals surface area contributed by atoms with E-state index >= 15 is 0 Å². The molecule has 1 aliphatic carbocycles. The summed E-state index contributed by atoms with van der Waals surface area (Å²) in [5.74, 6) is 0.958. The molecule has 1 saturated carbocycles. The Morgan fingerprint density at radius 1 is 1.09 bits per heavy atom. The Balaban J connectivity index is 1.49. The van der Waals surface area contributed by atoms with E-state index in [-0.39, 0.29) is 17.9 Å². The summed E-state index contributed by atoms with van der Waals surface area (Å²) >= 11 is 0. The summed E-state index contributed by atoms with van der Waals surface area (Å²) in [6.07, 6.45) is 6.36. The summed E-state index contributed by atoms with van der Waals surface area (Å²) in [6.45, 7) is 9.58. The van der Waals surface area contributed by atoms with Crippen molar-refractivity contribution in [1.82, 2.24) is 15.3 Å². The molecule has 0 saturated heterocycles. The predicted molar refractivity (Wildman–Crippen MR) is 133 cm³/mol. The number of benzene rings is 2. The minimum atomic E-state index is -0.453. The van der Waals surface area contributed by atoms with E-state index < -0.39 is 5.41 Å². The van der Waals surface area contributed by atoms with Gasteiger partial charge in [0.1, 0.15) is 5.82 Å². The van der Waals surface area contributed by atoms with Crippen molar-refractivity contribution in [3.8, 4) is 11.4 Å². The van der Waals surface area contributed by atoms with E-state index in [4.69, 9.17) is 0 Å². The van der Waals surface area contributed by atoms with Crippen LogP contribution in [0, 0.1) is 11.3 Å². The highest BCUT2D eigenvalue weighted by atomic mass is 16.2. The second-order valence-electron chi connectivity index (χ2n) is 9.86. The lowest BCUT2D eigenvalue weighted by molar-refractivity contribution is -0.123. The smallest absolute Gasteiger partial charge is 0.251 e. The number of rotatable bonds is 5. The normalized spacial score (nSPS) is 18.6. The number of nitrogens with zero attached hydrogens (tertiary/aromatic N) is 1. The van der Waals surface area contributed by atoms with Crippen molar-refractivity contribution in [3.05, 3.63) is 60.7 Å².